The molecule has 1 fully saturated rings. The van der Waals surface area contributed by atoms with E-state index in [9.17, 15) is 4.79 Å². The lowest BCUT2D eigenvalue weighted by Crippen LogP contribution is -2.48. The van der Waals surface area contributed by atoms with Gasteiger partial charge in [0.15, 0.2) is 5.96 Å². The first-order chi connectivity index (χ1) is 13.1. The molecule has 7 heteroatoms. The highest BCUT2D eigenvalue weighted by molar-refractivity contribution is 7.14. The van der Waals surface area contributed by atoms with Gasteiger partial charge in [-0.15, -0.1) is 11.3 Å². The van der Waals surface area contributed by atoms with Crippen LogP contribution in [0, 0.1) is 0 Å². The normalized spacial score (nSPS) is 15.5. The third kappa shape index (κ3) is 5.72. The number of carbonyl (C=O) groups is 1. The van der Waals surface area contributed by atoms with Crippen LogP contribution < -0.4 is 20.9 Å². The maximum Gasteiger partial charge on any atom is 0.221 e. The van der Waals surface area contributed by atoms with Gasteiger partial charge in [0.1, 0.15) is 0 Å². The number of guanidine groups is 1. The SMILES string of the molecule is CN=C(NCc1cccc(NC(C)=O)c1)NC1CCN(c2cccs2)CC1. The molecule has 1 amide bonds. The zero-order chi connectivity index (χ0) is 19.1. The van der Waals surface area contributed by atoms with Gasteiger partial charge in [0, 0.05) is 45.3 Å². The zero-order valence-electron chi connectivity index (χ0n) is 15.9. The van der Waals surface area contributed by atoms with Crippen molar-refractivity contribution < 1.29 is 4.79 Å². The summed E-state index contributed by atoms with van der Waals surface area (Å²) in [6.45, 7) is 4.30. The second kappa shape index (κ2) is 9.41. The number of hydrogen-bond donors (Lipinski definition) is 3. The largest absolute Gasteiger partial charge is 0.363 e. The number of anilines is 2. The van der Waals surface area contributed by atoms with E-state index < -0.39 is 0 Å². The number of benzene rings is 1. The Morgan fingerprint density at radius 1 is 1.26 bits per heavy atom. The fourth-order valence-electron chi connectivity index (χ4n) is 3.23. The molecule has 3 rings (SSSR count). The summed E-state index contributed by atoms with van der Waals surface area (Å²) in [5.41, 5.74) is 1.91. The van der Waals surface area contributed by atoms with Crippen LogP contribution in [0.3, 0.4) is 0 Å². The second-order valence-corrected chi connectivity index (χ2v) is 7.59. The average Bonchev–Trinajstić information content (AvgIpc) is 3.20. The molecule has 0 bridgehead atoms. The molecule has 6 nitrogen and oxygen atoms in total. The fourth-order valence-corrected chi connectivity index (χ4v) is 4.02. The number of nitrogens with zero attached hydrogens (tertiary/aromatic N) is 2. The Labute approximate surface area is 164 Å². The predicted molar refractivity (Wildman–Crippen MR) is 114 cm³/mol. The maximum atomic E-state index is 11.2. The Morgan fingerprint density at radius 2 is 2.07 bits per heavy atom. The van der Waals surface area contributed by atoms with E-state index in [0.717, 1.165) is 43.1 Å². The lowest BCUT2D eigenvalue weighted by molar-refractivity contribution is -0.114. The molecule has 0 atom stereocenters. The summed E-state index contributed by atoms with van der Waals surface area (Å²) in [7, 11) is 1.80. The van der Waals surface area contributed by atoms with Gasteiger partial charge in [-0.2, -0.15) is 0 Å². The van der Waals surface area contributed by atoms with Crippen LogP contribution in [0.2, 0.25) is 0 Å². The smallest absolute Gasteiger partial charge is 0.221 e. The van der Waals surface area contributed by atoms with Gasteiger partial charge in [0.2, 0.25) is 5.91 Å². The van der Waals surface area contributed by atoms with E-state index in [1.165, 1.54) is 11.9 Å². The van der Waals surface area contributed by atoms with E-state index in [0.29, 0.717) is 12.6 Å². The summed E-state index contributed by atoms with van der Waals surface area (Å²) in [5, 5.41) is 13.2. The van der Waals surface area contributed by atoms with E-state index in [4.69, 9.17) is 0 Å². The van der Waals surface area contributed by atoms with E-state index >= 15 is 0 Å². The van der Waals surface area contributed by atoms with Crippen molar-refractivity contribution in [1.82, 2.24) is 10.6 Å². The quantitative estimate of drug-likeness (QED) is 0.547. The van der Waals surface area contributed by atoms with Crippen LogP contribution >= 0.6 is 11.3 Å². The molecular formula is C20H27N5OS. The Hall–Kier alpha value is -2.54. The number of amides is 1. The van der Waals surface area contributed by atoms with Gasteiger partial charge in [-0.3, -0.25) is 9.79 Å². The van der Waals surface area contributed by atoms with Crippen molar-refractivity contribution in [3.8, 4) is 0 Å². The van der Waals surface area contributed by atoms with E-state index in [2.05, 4.69) is 43.4 Å². The van der Waals surface area contributed by atoms with Crippen LogP contribution in [0.25, 0.3) is 0 Å². The lowest BCUT2D eigenvalue weighted by atomic mass is 10.1. The van der Waals surface area contributed by atoms with Crippen LogP contribution in [0.1, 0.15) is 25.3 Å². The molecule has 1 aromatic heterocycles. The van der Waals surface area contributed by atoms with Crippen molar-refractivity contribution >= 4 is 33.9 Å². The first-order valence-electron chi connectivity index (χ1n) is 9.26. The summed E-state index contributed by atoms with van der Waals surface area (Å²) in [6.07, 6.45) is 2.19. The Morgan fingerprint density at radius 3 is 2.74 bits per heavy atom. The fraction of sp³-hybridized carbons (Fsp3) is 0.400. The maximum absolute atomic E-state index is 11.2. The van der Waals surface area contributed by atoms with E-state index in [-0.39, 0.29) is 5.91 Å². The number of piperidine rings is 1. The molecule has 144 valence electrons. The summed E-state index contributed by atoms with van der Waals surface area (Å²) in [4.78, 5) is 18.0. The van der Waals surface area contributed by atoms with Gasteiger partial charge in [0.05, 0.1) is 5.00 Å². The molecular weight excluding hydrogens is 358 g/mol. The van der Waals surface area contributed by atoms with Crippen LogP contribution in [0.4, 0.5) is 10.7 Å². The molecule has 1 aromatic carbocycles. The molecule has 0 unspecified atom stereocenters. The Kier molecular flexibility index (Phi) is 6.70. The first-order valence-corrected chi connectivity index (χ1v) is 10.1. The van der Waals surface area contributed by atoms with Gasteiger partial charge in [0.25, 0.3) is 0 Å². The monoisotopic (exact) mass is 385 g/mol. The van der Waals surface area contributed by atoms with Crippen molar-refractivity contribution in [2.75, 3.05) is 30.4 Å². The van der Waals surface area contributed by atoms with Crippen molar-refractivity contribution in [1.29, 1.82) is 0 Å². The molecule has 0 radical (unpaired) electrons. The molecule has 0 spiro atoms. The van der Waals surface area contributed by atoms with Crippen molar-refractivity contribution in [3.05, 3.63) is 47.3 Å². The Bertz CT molecular complexity index is 766. The topological polar surface area (TPSA) is 68.8 Å². The van der Waals surface area contributed by atoms with Gasteiger partial charge in [-0.1, -0.05) is 12.1 Å². The second-order valence-electron chi connectivity index (χ2n) is 6.66. The third-order valence-corrected chi connectivity index (χ3v) is 5.51. The van der Waals surface area contributed by atoms with Gasteiger partial charge in [-0.05, 0) is 48.1 Å². The van der Waals surface area contributed by atoms with E-state index in [1.807, 2.05) is 24.3 Å². The number of carbonyl (C=O) groups excluding carboxylic acids is 1. The highest BCUT2D eigenvalue weighted by Crippen LogP contribution is 2.24. The summed E-state index contributed by atoms with van der Waals surface area (Å²) < 4.78 is 0. The average molecular weight is 386 g/mol. The number of thiophene rings is 1. The van der Waals surface area contributed by atoms with Crippen molar-refractivity contribution in [2.45, 2.75) is 32.4 Å². The number of nitrogens with one attached hydrogen (secondary N) is 3. The summed E-state index contributed by atoms with van der Waals surface area (Å²) in [6, 6.07) is 12.6. The minimum absolute atomic E-state index is 0.0634. The lowest BCUT2D eigenvalue weighted by Gasteiger charge is -2.33. The van der Waals surface area contributed by atoms with Crippen LogP contribution in [-0.4, -0.2) is 38.0 Å². The molecule has 2 heterocycles. The molecule has 1 saturated heterocycles. The minimum atomic E-state index is -0.0634. The van der Waals surface area contributed by atoms with Crippen molar-refractivity contribution in [2.24, 2.45) is 4.99 Å². The van der Waals surface area contributed by atoms with Gasteiger partial charge in [-0.25, -0.2) is 0 Å². The Balaban J connectivity index is 1.47. The van der Waals surface area contributed by atoms with Crippen LogP contribution in [0.15, 0.2) is 46.8 Å². The number of aliphatic imine (C=N–C) groups is 1. The van der Waals surface area contributed by atoms with Crippen LogP contribution in [0.5, 0.6) is 0 Å². The zero-order valence-corrected chi connectivity index (χ0v) is 16.7. The molecule has 2 aromatic rings. The minimum Gasteiger partial charge on any atom is -0.363 e. The first kappa shape index (κ1) is 19.2. The van der Waals surface area contributed by atoms with Crippen molar-refractivity contribution in [3.63, 3.8) is 0 Å². The summed E-state index contributed by atoms with van der Waals surface area (Å²) >= 11 is 1.80. The highest BCUT2D eigenvalue weighted by Gasteiger charge is 2.20. The molecule has 0 aliphatic carbocycles. The van der Waals surface area contributed by atoms with Crippen LogP contribution in [-0.2, 0) is 11.3 Å². The molecule has 27 heavy (non-hydrogen) atoms. The van der Waals surface area contributed by atoms with E-state index in [1.54, 1.807) is 18.4 Å². The van der Waals surface area contributed by atoms with Gasteiger partial charge >= 0.3 is 0 Å². The molecule has 0 saturated carbocycles. The highest BCUT2D eigenvalue weighted by atomic mass is 32.1. The number of rotatable bonds is 5. The molecule has 1 aliphatic heterocycles. The third-order valence-electron chi connectivity index (χ3n) is 4.58. The molecule has 3 N–H and O–H groups in total. The molecule has 1 aliphatic rings. The summed E-state index contributed by atoms with van der Waals surface area (Å²) in [5.74, 6) is 0.751. The predicted octanol–water partition coefficient (Wildman–Crippen LogP) is 3.04. The van der Waals surface area contributed by atoms with Gasteiger partial charge < -0.3 is 20.9 Å². The number of hydrogen-bond acceptors (Lipinski definition) is 4. The standard InChI is InChI=1S/C20H27N5OS/c1-15(26)23-18-6-3-5-16(13-18)14-22-20(21-2)24-17-8-10-25(11-9-17)19-7-4-12-27-19/h3-7,12-13,17H,8-11,14H2,1-2H3,(H,23,26)(H2,21,22,24).